The van der Waals surface area contributed by atoms with Crippen LogP contribution in [0.4, 0.5) is 0 Å². The molecule has 6 nitrogen and oxygen atoms in total. The van der Waals surface area contributed by atoms with Gasteiger partial charge >= 0.3 is 0 Å². The lowest BCUT2D eigenvalue weighted by Gasteiger charge is -2.12. The summed E-state index contributed by atoms with van der Waals surface area (Å²) in [6.45, 7) is 0. The summed E-state index contributed by atoms with van der Waals surface area (Å²) in [7, 11) is 1.57. The standard InChI is InChI=1S/C14H17N5O/c1-20-13-6-12(17-8-18-13)14-16-7-9-10(15)4-2-3-5-11(9)19-14/h6-8,10H,2-5,15H2,1H3. The van der Waals surface area contributed by atoms with Gasteiger partial charge in [0.2, 0.25) is 5.88 Å². The Labute approximate surface area is 117 Å². The van der Waals surface area contributed by atoms with E-state index in [2.05, 4.69) is 19.9 Å². The smallest absolute Gasteiger partial charge is 0.216 e. The van der Waals surface area contributed by atoms with Gasteiger partial charge in [-0.2, -0.15) is 0 Å². The predicted octanol–water partition coefficient (Wildman–Crippen LogP) is 1.67. The summed E-state index contributed by atoms with van der Waals surface area (Å²) in [5.74, 6) is 1.10. The summed E-state index contributed by atoms with van der Waals surface area (Å²) in [4.78, 5) is 17.2. The molecule has 2 heterocycles. The minimum absolute atomic E-state index is 0.0430. The Morgan fingerprint density at radius 1 is 1.25 bits per heavy atom. The summed E-state index contributed by atoms with van der Waals surface area (Å²) in [6, 6.07) is 1.78. The molecule has 1 unspecified atom stereocenters. The number of rotatable bonds is 2. The van der Waals surface area contributed by atoms with E-state index in [0.29, 0.717) is 17.4 Å². The molecular weight excluding hydrogens is 254 g/mol. The first kappa shape index (κ1) is 12.9. The highest BCUT2D eigenvalue weighted by atomic mass is 16.5. The number of nitrogens with two attached hydrogens (primary N) is 1. The van der Waals surface area contributed by atoms with E-state index in [1.165, 1.54) is 6.33 Å². The van der Waals surface area contributed by atoms with Gasteiger partial charge in [0.25, 0.3) is 0 Å². The van der Waals surface area contributed by atoms with Crippen molar-refractivity contribution in [3.05, 3.63) is 29.8 Å². The summed E-state index contributed by atoms with van der Waals surface area (Å²) in [6.07, 6.45) is 7.48. The molecule has 0 radical (unpaired) electrons. The van der Waals surface area contributed by atoms with Crippen LogP contribution in [0.25, 0.3) is 11.5 Å². The van der Waals surface area contributed by atoms with Crippen LogP contribution in [-0.2, 0) is 6.42 Å². The number of aromatic nitrogens is 4. The molecule has 1 aliphatic carbocycles. The zero-order valence-electron chi connectivity index (χ0n) is 11.4. The maximum atomic E-state index is 6.16. The molecule has 0 spiro atoms. The van der Waals surface area contributed by atoms with Crippen molar-refractivity contribution >= 4 is 0 Å². The average Bonchev–Trinajstić information content (AvgIpc) is 2.69. The van der Waals surface area contributed by atoms with Crippen LogP contribution in [0.15, 0.2) is 18.6 Å². The van der Waals surface area contributed by atoms with E-state index in [1.807, 2.05) is 6.20 Å². The largest absolute Gasteiger partial charge is 0.481 e. The van der Waals surface area contributed by atoms with Crippen LogP contribution in [0.1, 0.15) is 36.6 Å². The number of nitrogens with zero attached hydrogens (tertiary/aromatic N) is 4. The van der Waals surface area contributed by atoms with Crippen molar-refractivity contribution in [1.29, 1.82) is 0 Å². The molecule has 0 aliphatic heterocycles. The van der Waals surface area contributed by atoms with Gasteiger partial charge in [0.1, 0.15) is 12.0 Å². The Balaban J connectivity index is 2.01. The second-order valence-corrected chi connectivity index (χ2v) is 4.89. The Hall–Kier alpha value is -2.08. The second-order valence-electron chi connectivity index (χ2n) is 4.89. The molecular formula is C14H17N5O. The van der Waals surface area contributed by atoms with Crippen LogP contribution in [0, 0.1) is 0 Å². The van der Waals surface area contributed by atoms with E-state index < -0.39 is 0 Å². The van der Waals surface area contributed by atoms with E-state index in [4.69, 9.17) is 10.5 Å². The third-order valence-corrected chi connectivity index (χ3v) is 3.56. The van der Waals surface area contributed by atoms with Gasteiger partial charge in [0.15, 0.2) is 5.82 Å². The number of aryl methyl sites for hydroxylation is 1. The van der Waals surface area contributed by atoms with Crippen LogP contribution in [0.5, 0.6) is 5.88 Å². The molecule has 1 atom stereocenters. The SMILES string of the molecule is COc1cc(-c2ncc3c(n2)CCCCC3N)ncn1. The lowest BCUT2D eigenvalue weighted by atomic mass is 10.1. The number of hydrogen-bond donors (Lipinski definition) is 1. The van der Waals surface area contributed by atoms with Gasteiger partial charge in [0, 0.05) is 29.6 Å². The van der Waals surface area contributed by atoms with Gasteiger partial charge in [-0.15, -0.1) is 0 Å². The molecule has 3 rings (SSSR count). The molecule has 1 aliphatic rings. The van der Waals surface area contributed by atoms with Crippen LogP contribution in [-0.4, -0.2) is 27.0 Å². The maximum Gasteiger partial charge on any atom is 0.216 e. The van der Waals surface area contributed by atoms with Gasteiger partial charge in [-0.25, -0.2) is 19.9 Å². The van der Waals surface area contributed by atoms with Gasteiger partial charge < -0.3 is 10.5 Å². The molecule has 0 saturated heterocycles. The fourth-order valence-corrected chi connectivity index (χ4v) is 2.45. The van der Waals surface area contributed by atoms with E-state index in [1.54, 1.807) is 13.2 Å². The lowest BCUT2D eigenvalue weighted by molar-refractivity contribution is 0.397. The highest BCUT2D eigenvalue weighted by Crippen LogP contribution is 2.26. The Bertz CT molecular complexity index is 616. The molecule has 2 aromatic rings. The van der Waals surface area contributed by atoms with Crippen LogP contribution in [0.3, 0.4) is 0 Å². The predicted molar refractivity (Wildman–Crippen MR) is 74.1 cm³/mol. The first-order valence-corrected chi connectivity index (χ1v) is 6.75. The zero-order valence-corrected chi connectivity index (χ0v) is 11.4. The number of ether oxygens (including phenoxy) is 1. The average molecular weight is 271 g/mol. The fourth-order valence-electron chi connectivity index (χ4n) is 2.45. The van der Waals surface area contributed by atoms with Crippen molar-refractivity contribution in [2.24, 2.45) is 5.73 Å². The molecule has 0 bridgehead atoms. The minimum Gasteiger partial charge on any atom is -0.481 e. The van der Waals surface area contributed by atoms with Crippen molar-refractivity contribution in [1.82, 2.24) is 19.9 Å². The third kappa shape index (κ3) is 2.46. The lowest BCUT2D eigenvalue weighted by Crippen LogP contribution is -2.12. The first-order chi connectivity index (χ1) is 9.78. The summed E-state index contributed by atoms with van der Waals surface area (Å²) in [5.41, 5.74) is 8.92. The van der Waals surface area contributed by atoms with Crippen molar-refractivity contribution in [3.8, 4) is 17.4 Å². The Morgan fingerprint density at radius 3 is 3.00 bits per heavy atom. The number of hydrogen-bond acceptors (Lipinski definition) is 6. The summed E-state index contributed by atoms with van der Waals surface area (Å²) < 4.78 is 5.10. The quantitative estimate of drug-likeness (QED) is 0.836. The van der Waals surface area contributed by atoms with Crippen molar-refractivity contribution in [2.45, 2.75) is 31.7 Å². The third-order valence-electron chi connectivity index (χ3n) is 3.56. The summed E-state index contributed by atoms with van der Waals surface area (Å²) in [5, 5.41) is 0. The van der Waals surface area contributed by atoms with Crippen molar-refractivity contribution in [2.75, 3.05) is 7.11 Å². The van der Waals surface area contributed by atoms with Crippen LogP contribution >= 0.6 is 0 Å². The molecule has 6 heteroatoms. The van der Waals surface area contributed by atoms with Gasteiger partial charge in [-0.1, -0.05) is 6.42 Å². The number of methoxy groups -OCH3 is 1. The zero-order chi connectivity index (χ0) is 13.9. The van der Waals surface area contributed by atoms with Crippen LogP contribution in [0.2, 0.25) is 0 Å². The normalized spacial score (nSPS) is 18.2. The highest BCUT2D eigenvalue weighted by Gasteiger charge is 2.18. The fraction of sp³-hybridized carbons (Fsp3) is 0.429. The molecule has 2 aromatic heterocycles. The van der Waals surface area contributed by atoms with E-state index in [0.717, 1.165) is 36.9 Å². The molecule has 20 heavy (non-hydrogen) atoms. The van der Waals surface area contributed by atoms with Crippen molar-refractivity contribution < 1.29 is 4.74 Å². The molecule has 0 saturated carbocycles. The highest BCUT2D eigenvalue weighted by molar-refractivity contribution is 5.50. The molecule has 0 aromatic carbocycles. The first-order valence-electron chi connectivity index (χ1n) is 6.75. The number of fused-ring (bicyclic) bond motifs is 1. The molecule has 0 amide bonds. The van der Waals surface area contributed by atoms with Crippen LogP contribution < -0.4 is 10.5 Å². The van der Waals surface area contributed by atoms with Crippen molar-refractivity contribution in [3.63, 3.8) is 0 Å². The van der Waals surface area contributed by atoms with E-state index in [-0.39, 0.29) is 6.04 Å². The van der Waals surface area contributed by atoms with E-state index in [9.17, 15) is 0 Å². The van der Waals surface area contributed by atoms with Gasteiger partial charge in [0.05, 0.1) is 7.11 Å². The minimum atomic E-state index is 0.0430. The van der Waals surface area contributed by atoms with Gasteiger partial charge in [-0.05, 0) is 19.3 Å². The molecule has 0 fully saturated rings. The molecule has 104 valence electrons. The molecule has 2 N–H and O–H groups in total. The summed E-state index contributed by atoms with van der Waals surface area (Å²) >= 11 is 0. The van der Waals surface area contributed by atoms with Gasteiger partial charge in [-0.3, -0.25) is 0 Å². The Kier molecular flexibility index (Phi) is 3.56. The monoisotopic (exact) mass is 271 g/mol. The topological polar surface area (TPSA) is 86.8 Å². The van der Waals surface area contributed by atoms with E-state index >= 15 is 0 Å². The second kappa shape index (κ2) is 5.50. The Morgan fingerprint density at radius 2 is 2.15 bits per heavy atom. The maximum absolute atomic E-state index is 6.16.